The zero-order chi connectivity index (χ0) is 11.7. The van der Waals surface area contributed by atoms with Crippen LogP contribution in [0.5, 0.6) is 0 Å². The van der Waals surface area contributed by atoms with Crippen LogP contribution in [0.3, 0.4) is 0 Å². The highest BCUT2D eigenvalue weighted by molar-refractivity contribution is 8.14. The molecule has 0 aromatic rings. The van der Waals surface area contributed by atoms with E-state index in [0.717, 1.165) is 37.5 Å². The summed E-state index contributed by atoms with van der Waals surface area (Å²) in [6, 6.07) is 0. The predicted octanol–water partition coefficient (Wildman–Crippen LogP) is 2.27. The molecule has 0 aromatic carbocycles. The van der Waals surface area contributed by atoms with Gasteiger partial charge >= 0.3 is 0 Å². The van der Waals surface area contributed by atoms with Crippen molar-refractivity contribution < 1.29 is 4.74 Å². The molecule has 2 fully saturated rings. The third-order valence-corrected chi connectivity index (χ3v) is 5.53. The molecule has 2 heterocycles. The first kappa shape index (κ1) is 11.8. The Morgan fingerprint density at radius 2 is 2.18 bits per heavy atom. The van der Waals surface area contributed by atoms with Gasteiger partial charge in [-0.1, -0.05) is 18.7 Å². The molecule has 1 aliphatic carbocycles. The number of aliphatic imine (C=N–C) groups is 1. The van der Waals surface area contributed by atoms with Crippen LogP contribution in [0.15, 0.2) is 4.99 Å². The Bertz CT molecular complexity index is 309. The maximum absolute atomic E-state index is 5.43. The Labute approximate surface area is 108 Å². The first-order valence-electron chi connectivity index (χ1n) is 6.78. The molecule has 0 amide bonds. The Balaban J connectivity index is 1.44. The summed E-state index contributed by atoms with van der Waals surface area (Å²) in [4.78, 5) is 4.63. The number of hydrogen-bond acceptors (Lipinski definition) is 4. The second kappa shape index (κ2) is 4.81. The first-order chi connectivity index (χ1) is 8.25. The molecular weight excluding hydrogens is 232 g/mol. The summed E-state index contributed by atoms with van der Waals surface area (Å²) < 4.78 is 5.43. The number of nitrogens with zero attached hydrogens (tertiary/aromatic N) is 1. The molecule has 3 aliphatic rings. The highest BCUT2D eigenvalue weighted by Crippen LogP contribution is 2.41. The van der Waals surface area contributed by atoms with E-state index in [-0.39, 0.29) is 0 Å². The van der Waals surface area contributed by atoms with Crippen LogP contribution in [-0.4, -0.2) is 36.7 Å². The van der Waals surface area contributed by atoms with Gasteiger partial charge in [-0.2, -0.15) is 0 Å². The first-order valence-corrected chi connectivity index (χ1v) is 7.66. The summed E-state index contributed by atoms with van der Waals surface area (Å²) in [6.45, 7) is 6.29. The molecule has 3 rings (SSSR count). The monoisotopic (exact) mass is 254 g/mol. The number of nitrogens with one attached hydrogen (secondary N) is 1. The van der Waals surface area contributed by atoms with Crippen LogP contribution in [0.4, 0.5) is 0 Å². The minimum Gasteiger partial charge on any atom is -0.381 e. The van der Waals surface area contributed by atoms with Gasteiger partial charge in [0.05, 0.1) is 6.54 Å². The van der Waals surface area contributed by atoms with E-state index in [0.29, 0.717) is 5.41 Å². The lowest BCUT2D eigenvalue weighted by atomic mass is 9.82. The van der Waals surface area contributed by atoms with E-state index in [1.807, 2.05) is 11.8 Å². The summed E-state index contributed by atoms with van der Waals surface area (Å²) in [7, 11) is 0. The van der Waals surface area contributed by atoms with Crippen molar-refractivity contribution >= 4 is 16.9 Å². The minimum absolute atomic E-state index is 0.402. The van der Waals surface area contributed by atoms with E-state index < -0.39 is 0 Å². The van der Waals surface area contributed by atoms with Gasteiger partial charge in [0.15, 0.2) is 5.17 Å². The van der Waals surface area contributed by atoms with Crippen molar-refractivity contribution in [2.75, 3.05) is 26.3 Å². The number of thioether (sulfide) groups is 1. The van der Waals surface area contributed by atoms with Crippen LogP contribution >= 0.6 is 11.8 Å². The lowest BCUT2D eigenvalue weighted by molar-refractivity contribution is 0.0262. The largest absolute Gasteiger partial charge is 0.381 e. The van der Waals surface area contributed by atoms with Crippen molar-refractivity contribution in [3.8, 4) is 0 Å². The zero-order valence-electron chi connectivity index (χ0n) is 10.6. The molecule has 1 saturated carbocycles. The van der Waals surface area contributed by atoms with Gasteiger partial charge in [-0.15, -0.1) is 0 Å². The van der Waals surface area contributed by atoms with Crippen LogP contribution < -0.4 is 5.32 Å². The normalized spacial score (nSPS) is 32.3. The Morgan fingerprint density at radius 3 is 2.88 bits per heavy atom. The average Bonchev–Trinajstić information content (AvgIpc) is 3.07. The van der Waals surface area contributed by atoms with Crippen molar-refractivity contribution in [3.63, 3.8) is 0 Å². The molecule has 1 N–H and O–H groups in total. The van der Waals surface area contributed by atoms with Crippen LogP contribution in [0.1, 0.15) is 32.6 Å². The molecule has 2 aliphatic heterocycles. The van der Waals surface area contributed by atoms with Gasteiger partial charge < -0.3 is 10.1 Å². The molecule has 0 radical (unpaired) electrons. The molecule has 1 unspecified atom stereocenters. The topological polar surface area (TPSA) is 33.6 Å². The lowest BCUT2D eigenvalue weighted by Gasteiger charge is -2.33. The van der Waals surface area contributed by atoms with Gasteiger partial charge in [-0.05, 0) is 37.0 Å². The third-order valence-electron chi connectivity index (χ3n) is 4.19. The number of ether oxygens (including phenoxy) is 1. The van der Waals surface area contributed by atoms with Crippen LogP contribution in [-0.2, 0) is 4.74 Å². The molecule has 96 valence electrons. The molecule has 3 nitrogen and oxygen atoms in total. The van der Waals surface area contributed by atoms with Gasteiger partial charge in [-0.3, -0.25) is 4.99 Å². The maximum atomic E-state index is 5.43. The summed E-state index contributed by atoms with van der Waals surface area (Å²) in [5.41, 5.74) is 0.402. The predicted molar refractivity (Wildman–Crippen MR) is 72.6 cm³/mol. The Kier molecular flexibility index (Phi) is 3.35. The fraction of sp³-hybridized carbons (Fsp3) is 0.923. The Morgan fingerprint density at radius 1 is 1.41 bits per heavy atom. The van der Waals surface area contributed by atoms with Crippen molar-refractivity contribution in [1.82, 2.24) is 5.32 Å². The summed E-state index contributed by atoms with van der Waals surface area (Å²) in [5, 5.41) is 5.53. The third kappa shape index (κ3) is 2.97. The summed E-state index contributed by atoms with van der Waals surface area (Å²) in [6.07, 6.45) is 5.19. The molecule has 0 spiro atoms. The fourth-order valence-electron chi connectivity index (χ4n) is 2.53. The molecule has 4 heteroatoms. The molecule has 1 atom stereocenters. The Hall–Kier alpha value is -0.220. The summed E-state index contributed by atoms with van der Waals surface area (Å²) >= 11 is 1.98. The molecule has 0 aromatic heterocycles. The summed E-state index contributed by atoms with van der Waals surface area (Å²) in [5.74, 6) is 0.960. The van der Waals surface area contributed by atoms with Gasteiger partial charge in [0.2, 0.25) is 0 Å². The maximum Gasteiger partial charge on any atom is 0.156 e. The van der Waals surface area contributed by atoms with Crippen LogP contribution in [0.2, 0.25) is 0 Å². The second-order valence-electron chi connectivity index (χ2n) is 5.92. The van der Waals surface area contributed by atoms with Crippen LogP contribution in [0, 0.1) is 11.3 Å². The van der Waals surface area contributed by atoms with E-state index in [2.05, 4.69) is 17.2 Å². The van der Waals surface area contributed by atoms with E-state index >= 15 is 0 Å². The SMILES string of the molecule is CC1(CNC2=NCC(C3CC3)S2)CCOCC1. The van der Waals surface area contributed by atoms with Gasteiger partial charge in [-0.25, -0.2) is 0 Å². The highest BCUT2D eigenvalue weighted by atomic mass is 32.2. The minimum atomic E-state index is 0.402. The van der Waals surface area contributed by atoms with E-state index in [9.17, 15) is 0 Å². The number of amidine groups is 1. The molecule has 1 saturated heterocycles. The van der Waals surface area contributed by atoms with E-state index in [1.165, 1.54) is 30.9 Å². The molecular formula is C13H22N2OS. The smallest absolute Gasteiger partial charge is 0.156 e. The van der Waals surface area contributed by atoms with Crippen molar-refractivity contribution in [1.29, 1.82) is 0 Å². The molecule has 17 heavy (non-hydrogen) atoms. The van der Waals surface area contributed by atoms with Gasteiger partial charge in [0, 0.05) is 25.0 Å². The quantitative estimate of drug-likeness (QED) is 0.839. The number of hydrogen-bond donors (Lipinski definition) is 1. The standard InChI is InChI=1S/C13H22N2OS/c1-13(4-6-16-7-5-13)9-15-12-14-8-11(17-12)10-2-3-10/h10-11H,2-9H2,1H3,(H,14,15). The molecule has 0 bridgehead atoms. The van der Waals surface area contributed by atoms with E-state index in [1.54, 1.807) is 0 Å². The van der Waals surface area contributed by atoms with Crippen LogP contribution in [0.25, 0.3) is 0 Å². The highest BCUT2D eigenvalue weighted by Gasteiger charge is 2.36. The second-order valence-corrected chi connectivity index (χ2v) is 7.14. The van der Waals surface area contributed by atoms with Gasteiger partial charge in [0.1, 0.15) is 0 Å². The number of rotatable bonds is 3. The lowest BCUT2D eigenvalue weighted by Crippen LogP contribution is -2.38. The van der Waals surface area contributed by atoms with Gasteiger partial charge in [0.25, 0.3) is 0 Å². The van der Waals surface area contributed by atoms with Crippen molar-refractivity contribution in [2.45, 2.75) is 37.9 Å². The average molecular weight is 254 g/mol. The zero-order valence-corrected chi connectivity index (χ0v) is 11.4. The van der Waals surface area contributed by atoms with Crippen molar-refractivity contribution in [2.24, 2.45) is 16.3 Å². The van der Waals surface area contributed by atoms with E-state index in [4.69, 9.17) is 4.74 Å². The van der Waals surface area contributed by atoms with Crippen molar-refractivity contribution in [3.05, 3.63) is 0 Å². The fourth-order valence-corrected chi connectivity index (χ4v) is 3.74.